The van der Waals surface area contributed by atoms with Crippen molar-refractivity contribution in [1.29, 1.82) is 0 Å². The first-order valence-electron chi connectivity index (χ1n) is 4.34. The molecule has 0 amide bonds. The van der Waals surface area contributed by atoms with Crippen molar-refractivity contribution in [3.05, 3.63) is 56.2 Å². The maximum Gasteiger partial charge on any atom is 0.113 e. The zero-order valence-corrected chi connectivity index (χ0v) is 9.98. The third-order valence-corrected chi connectivity index (χ3v) is 3.37. The van der Waals surface area contributed by atoms with Gasteiger partial charge in [0.2, 0.25) is 0 Å². The zero-order chi connectivity index (χ0) is 10.8. The third-order valence-electron chi connectivity index (χ3n) is 2.01. The monoisotopic (exact) mass is 258 g/mol. The molecule has 0 aliphatic heterocycles. The summed E-state index contributed by atoms with van der Waals surface area (Å²) in [6, 6.07) is 8.86. The molecule has 0 unspecified atom stereocenters. The van der Waals surface area contributed by atoms with Gasteiger partial charge in [0, 0.05) is 14.9 Å². The van der Waals surface area contributed by atoms with Gasteiger partial charge in [-0.25, -0.2) is 0 Å². The molecule has 0 radical (unpaired) electrons. The molecule has 0 saturated heterocycles. The number of thiophene rings is 1. The number of benzene rings is 1. The van der Waals surface area contributed by atoms with Crippen LogP contribution in [0.15, 0.2) is 35.7 Å². The van der Waals surface area contributed by atoms with Crippen molar-refractivity contribution in [3.63, 3.8) is 0 Å². The minimum atomic E-state index is -0.652. The second kappa shape index (κ2) is 4.54. The first-order chi connectivity index (χ1) is 7.16. The normalized spacial score (nSPS) is 12.7. The first kappa shape index (κ1) is 11.0. The molecule has 4 heteroatoms. The Hall–Kier alpha value is -0.540. The van der Waals surface area contributed by atoms with E-state index in [9.17, 15) is 5.11 Å². The van der Waals surface area contributed by atoms with Gasteiger partial charge in [-0.05, 0) is 35.2 Å². The van der Waals surface area contributed by atoms with Crippen LogP contribution in [0.5, 0.6) is 0 Å². The lowest BCUT2D eigenvalue weighted by Gasteiger charge is -2.09. The molecule has 1 aromatic heterocycles. The second-order valence-electron chi connectivity index (χ2n) is 3.12. The van der Waals surface area contributed by atoms with E-state index in [0.717, 1.165) is 10.4 Å². The largest absolute Gasteiger partial charge is 0.383 e. The van der Waals surface area contributed by atoms with Crippen molar-refractivity contribution < 1.29 is 5.11 Å². The Labute approximate surface area is 102 Å². The van der Waals surface area contributed by atoms with Crippen LogP contribution in [0.4, 0.5) is 0 Å². The van der Waals surface area contributed by atoms with E-state index in [1.807, 2.05) is 17.5 Å². The zero-order valence-electron chi connectivity index (χ0n) is 7.65. The van der Waals surface area contributed by atoms with Gasteiger partial charge in [0.05, 0.1) is 0 Å². The fraction of sp³-hybridized carbons (Fsp3) is 0.0909. The molecule has 78 valence electrons. The molecule has 0 bridgehead atoms. The van der Waals surface area contributed by atoms with Crippen LogP contribution in [-0.2, 0) is 0 Å². The van der Waals surface area contributed by atoms with Gasteiger partial charge in [0.1, 0.15) is 6.10 Å². The van der Waals surface area contributed by atoms with Crippen LogP contribution in [0, 0.1) is 0 Å². The lowest BCUT2D eigenvalue weighted by Crippen LogP contribution is -1.96. The molecular weight excluding hydrogens is 251 g/mol. The van der Waals surface area contributed by atoms with Gasteiger partial charge in [-0.2, -0.15) is 0 Å². The predicted octanol–water partition coefficient (Wildman–Crippen LogP) is 4.14. The van der Waals surface area contributed by atoms with Gasteiger partial charge in [-0.15, -0.1) is 11.3 Å². The van der Waals surface area contributed by atoms with Gasteiger partial charge in [-0.3, -0.25) is 0 Å². The number of aliphatic hydroxyl groups excluding tert-OH is 1. The maximum atomic E-state index is 10.0. The van der Waals surface area contributed by atoms with Gasteiger partial charge in [-0.1, -0.05) is 29.3 Å². The predicted molar refractivity (Wildman–Crippen MR) is 64.8 cm³/mol. The van der Waals surface area contributed by atoms with Crippen LogP contribution in [0.1, 0.15) is 16.5 Å². The molecule has 1 aromatic carbocycles. The summed E-state index contributed by atoms with van der Waals surface area (Å²) in [5, 5.41) is 13.0. The molecule has 0 aliphatic rings. The molecule has 0 aliphatic carbocycles. The molecule has 2 aromatic rings. The highest BCUT2D eigenvalue weighted by Gasteiger charge is 2.12. The SMILES string of the molecule is O[C@H](c1cc(Cl)cc(Cl)c1)c1cccs1. The van der Waals surface area contributed by atoms with Crippen molar-refractivity contribution in [2.45, 2.75) is 6.10 Å². The van der Waals surface area contributed by atoms with E-state index in [-0.39, 0.29) is 0 Å². The van der Waals surface area contributed by atoms with E-state index < -0.39 is 6.10 Å². The Bertz CT molecular complexity index is 433. The number of aliphatic hydroxyl groups is 1. The summed E-state index contributed by atoms with van der Waals surface area (Å²) >= 11 is 13.2. The van der Waals surface area contributed by atoms with E-state index in [4.69, 9.17) is 23.2 Å². The summed E-state index contributed by atoms with van der Waals surface area (Å²) in [7, 11) is 0. The Morgan fingerprint density at radius 2 is 1.80 bits per heavy atom. The van der Waals surface area contributed by atoms with Gasteiger partial charge in [0.15, 0.2) is 0 Å². The van der Waals surface area contributed by atoms with Crippen LogP contribution in [0.25, 0.3) is 0 Å². The lowest BCUT2D eigenvalue weighted by molar-refractivity contribution is 0.224. The summed E-state index contributed by atoms with van der Waals surface area (Å²) in [5.74, 6) is 0. The number of rotatable bonds is 2. The molecule has 1 nitrogen and oxygen atoms in total. The average molecular weight is 259 g/mol. The Morgan fingerprint density at radius 3 is 2.33 bits per heavy atom. The Balaban J connectivity index is 2.37. The quantitative estimate of drug-likeness (QED) is 0.859. The van der Waals surface area contributed by atoms with Gasteiger partial charge < -0.3 is 5.11 Å². The van der Waals surface area contributed by atoms with Crippen molar-refractivity contribution in [2.75, 3.05) is 0 Å². The summed E-state index contributed by atoms with van der Waals surface area (Å²) in [5.41, 5.74) is 0.718. The van der Waals surface area contributed by atoms with Crippen LogP contribution in [-0.4, -0.2) is 5.11 Å². The van der Waals surface area contributed by atoms with Crippen LogP contribution in [0.2, 0.25) is 10.0 Å². The average Bonchev–Trinajstić information content (AvgIpc) is 2.67. The molecule has 0 spiro atoms. The molecule has 1 N–H and O–H groups in total. The molecule has 1 atom stereocenters. The third kappa shape index (κ3) is 2.52. The highest BCUT2D eigenvalue weighted by atomic mass is 35.5. The molecule has 1 heterocycles. The molecule has 0 saturated carbocycles. The highest BCUT2D eigenvalue weighted by molar-refractivity contribution is 7.10. The van der Waals surface area contributed by atoms with Crippen molar-refractivity contribution in [2.24, 2.45) is 0 Å². The van der Waals surface area contributed by atoms with Crippen LogP contribution < -0.4 is 0 Å². The number of halogens is 2. The van der Waals surface area contributed by atoms with E-state index in [2.05, 4.69) is 0 Å². The number of hydrogen-bond acceptors (Lipinski definition) is 2. The fourth-order valence-electron chi connectivity index (χ4n) is 1.34. The topological polar surface area (TPSA) is 20.2 Å². The molecule has 15 heavy (non-hydrogen) atoms. The Kier molecular flexibility index (Phi) is 3.32. The standard InChI is InChI=1S/C11H8Cl2OS/c12-8-4-7(5-9(13)6-8)11(14)10-2-1-3-15-10/h1-6,11,14H/t11-/m1/s1. The Morgan fingerprint density at radius 1 is 1.13 bits per heavy atom. The van der Waals surface area contributed by atoms with E-state index in [1.165, 1.54) is 11.3 Å². The minimum Gasteiger partial charge on any atom is -0.383 e. The van der Waals surface area contributed by atoms with Gasteiger partial charge >= 0.3 is 0 Å². The van der Waals surface area contributed by atoms with Crippen molar-refractivity contribution in [3.8, 4) is 0 Å². The van der Waals surface area contributed by atoms with Gasteiger partial charge in [0.25, 0.3) is 0 Å². The first-order valence-corrected chi connectivity index (χ1v) is 5.98. The number of hydrogen-bond donors (Lipinski definition) is 1. The second-order valence-corrected chi connectivity index (χ2v) is 4.97. The highest BCUT2D eigenvalue weighted by Crippen LogP contribution is 2.29. The summed E-state index contributed by atoms with van der Waals surface area (Å²) < 4.78 is 0. The molecule has 0 fully saturated rings. The summed E-state index contributed by atoms with van der Waals surface area (Å²) in [4.78, 5) is 0.883. The van der Waals surface area contributed by atoms with E-state index in [1.54, 1.807) is 18.2 Å². The molecular formula is C11H8Cl2OS. The summed E-state index contributed by atoms with van der Waals surface area (Å²) in [6.45, 7) is 0. The maximum absolute atomic E-state index is 10.0. The smallest absolute Gasteiger partial charge is 0.113 e. The van der Waals surface area contributed by atoms with Crippen molar-refractivity contribution >= 4 is 34.5 Å². The minimum absolute atomic E-state index is 0.535. The van der Waals surface area contributed by atoms with Crippen molar-refractivity contribution in [1.82, 2.24) is 0 Å². The van der Waals surface area contributed by atoms with Crippen LogP contribution in [0.3, 0.4) is 0 Å². The molecule has 2 rings (SSSR count). The summed E-state index contributed by atoms with van der Waals surface area (Å²) in [6.07, 6.45) is -0.652. The van der Waals surface area contributed by atoms with E-state index >= 15 is 0 Å². The fourth-order valence-corrected chi connectivity index (χ4v) is 2.62. The van der Waals surface area contributed by atoms with E-state index in [0.29, 0.717) is 10.0 Å². The van der Waals surface area contributed by atoms with Crippen LogP contribution >= 0.6 is 34.5 Å². The lowest BCUT2D eigenvalue weighted by atomic mass is 10.1.